The van der Waals surface area contributed by atoms with Crippen LogP contribution in [-0.4, -0.2) is 32.6 Å². The van der Waals surface area contributed by atoms with Gasteiger partial charge in [-0.05, 0) is 25.0 Å². The van der Waals surface area contributed by atoms with Crippen molar-refractivity contribution in [2.45, 2.75) is 38.3 Å². The molecule has 9 nitrogen and oxygen atoms in total. The van der Waals surface area contributed by atoms with Crippen molar-refractivity contribution in [3.05, 3.63) is 52.0 Å². The molecule has 1 aliphatic heterocycles. The van der Waals surface area contributed by atoms with E-state index in [4.69, 9.17) is 9.26 Å². The average molecular weight is 369 g/mol. The van der Waals surface area contributed by atoms with Crippen LogP contribution in [0, 0.1) is 0 Å². The van der Waals surface area contributed by atoms with E-state index in [1.807, 2.05) is 18.2 Å². The van der Waals surface area contributed by atoms with Crippen LogP contribution in [-0.2, 0) is 22.5 Å². The lowest BCUT2D eigenvalue weighted by atomic mass is 10.2. The molecule has 0 saturated carbocycles. The summed E-state index contributed by atoms with van der Waals surface area (Å²) in [5.41, 5.74) is 1.43. The van der Waals surface area contributed by atoms with Gasteiger partial charge in [-0.15, -0.1) is 0 Å². The summed E-state index contributed by atoms with van der Waals surface area (Å²) in [6.45, 7) is 0.859. The largest absolute Gasteiger partial charge is 0.368 e. The number of H-pyrrole nitrogens is 1. The van der Waals surface area contributed by atoms with Gasteiger partial charge in [0, 0.05) is 19.4 Å². The Hall–Kier alpha value is -3.07. The van der Waals surface area contributed by atoms with Gasteiger partial charge in [0.1, 0.15) is 11.8 Å². The summed E-state index contributed by atoms with van der Waals surface area (Å²) in [4.78, 5) is 35.5. The van der Waals surface area contributed by atoms with Crippen molar-refractivity contribution in [1.29, 1.82) is 0 Å². The number of nitrogens with zero attached hydrogens (tertiary/aromatic N) is 3. The van der Waals surface area contributed by atoms with Gasteiger partial charge < -0.3 is 19.6 Å². The summed E-state index contributed by atoms with van der Waals surface area (Å²) in [6, 6.07) is 7.28. The van der Waals surface area contributed by atoms with Gasteiger partial charge in [-0.25, -0.2) is 4.98 Å². The van der Waals surface area contributed by atoms with Crippen molar-refractivity contribution in [3.63, 3.8) is 0 Å². The molecular weight excluding hydrogens is 350 g/mol. The van der Waals surface area contributed by atoms with Crippen molar-refractivity contribution in [2.75, 3.05) is 6.61 Å². The fourth-order valence-electron chi connectivity index (χ4n) is 2.98. The summed E-state index contributed by atoms with van der Waals surface area (Å²) >= 11 is 0. The lowest BCUT2D eigenvalue weighted by molar-refractivity contribution is -0.121. The van der Waals surface area contributed by atoms with Crippen molar-refractivity contribution in [1.82, 2.24) is 25.4 Å². The predicted molar refractivity (Wildman–Crippen MR) is 94.8 cm³/mol. The SMILES string of the molecule is O=C(CCc1nc2ccccc2[nH]c1=O)NCc1noc([C@@H]2CCCO2)n1. The highest BCUT2D eigenvalue weighted by molar-refractivity contribution is 5.76. The zero-order valence-electron chi connectivity index (χ0n) is 14.6. The number of nitrogens with one attached hydrogen (secondary N) is 2. The third-order valence-electron chi connectivity index (χ3n) is 4.39. The van der Waals surface area contributed by atoms with Crippen LogP contribution in [0.5, 0.6) is 0 Å². The fourth-order valence-corrected chi connectivity index (χ4v) is 2.98. The van der Waals surface area contributed by atoms with E-state index in [0.29, 0.717) is 35.0 Å². The van der Waals surface area contributed by atoms with Gasteiger partial charge in [0.2, 0.25) is 5.91 Å². The van der Waals surface area contributed by atoms with Gasteiger partial charge in [0.15, 0.2) is 5.82 Å². The number of benzene rings is 1. The van der Waals surface area contributed by atoms with E-state index in [0.717, 1.165) is 12.8 Å². The Kier molecular flexibility index (Phi) is 4.93. The molecule has 0 radical (unpaired) electrons. The highest BCUT2D eigenvalue weighted by atomic mass is 16.5. The monoisotopic (exact) mass is 369 g/mol. The maximum Gasteiger partial charge on any atom is 0.270 e. The average Bonchev–Trinajstić information content (AvgIpc) is 3.36. The lowest BCUT2D eigenvalue weighted by Crippen LogP contribution is -2.25. The number of aromatic nitrogens is 4. The highest BCUT2D eigenvalue weighted by Crippen LogP contribution is 2.26. The molecule has 0 spiro atoms. The standard InChI is InChI=1S/C18H19N5O4/c24-16(19-10-15-22-18(27-23-15)14-6-3-9-26-14)8-7-13-17(25)21-12-5-2-1-4-11(12)20-13/h1-2,4-5,14H,3,6-10H2,(H,19,24)(H,21,25)/t14-/m0/s1. The number of fused-ring (bicyclic) bond motifs is 1. The fraction of sp³-hybridized carbons (Fsp3) is 0.389. The lowest BCUT2D eigenvalue weighted by Gasteiger charge is -2.04. The van der Waals surface area contributed by atoms with Crippen molar-refractivity contribution in [2.24, 2.45) is 0 Å². The molecule has 3 heterocycles. The van der Waals surface area contributed by atoms with Crippen molar-refractivity contribution < 1.29 is 14.1 Å². The molecule has 1 atom stereocenters. The molecule has 27 heavy (non-hydrogen) atoms. The van der Waals surface area contributed by atoms with Crippen LogP contribution in [0.25, 0.3) is 11.0 Å². The number of amides is 1. The summed E-state index contributed by atoms with van der Waals surface area (Å²) in [7, 11) is 0. The Morgan fingerprint density at radius 1 is 1.30 bits per heavy atom. The molecule has 0 aliphatic carbocycles. The van der Waals surface area contributed by atoms with Crippen LogP contribution >= 0.6 is 0 Å². The van der Waals surface area contributed by atoms with Gasteiger partial charge in [0.05, 0.1) is 17.6 Å². The van der Waals surface area contributed by atoms with Crippen LogP contribution in [0.3, 0.4) is 0 Å². The molecular formula is C18H19N5O4. The Labute approximate surface area is 154 Å². The molecule has 0 bridgehead atoms. The van der Waals surface area contributed by atoms with Crippen molar-refractivity contribution in [3.8, 4) is 0 Å². The number of carbonyl (C=O) groups is 1. The first kappa shape index (κ1) is 17.3. The molecule has 0 unspecified atom stereocenters. The first-order chi connectivity index (χ1) is 13.2. The topological polar surface area (TPSA) is 123 Å². The van der Waals surface area contributed by atoms with E-state index in [2.05, 4.69) is 25.4 Å². The predicted octanol–water partition coefficient (Wildman–Crippen LogP) is 1.41. The summed E-state index contributed by atoms with van der Waals surface area (Å²) < 4.78 is 10.7. The third-order valence-corrected chi connectivity index (χ3v) is 4.39. The summed E-state index contributed by atoms with van der Waals surface area (Å²) in [6.07, 6.45) is 2.08. The van der Waals surface area contributed by atoms with Crippen LogP contribution in [0.4, 0.5) is 0 Å². The zero-order valence-corrected chi connectivity index (χ0v) is 14.6. The minimum Gasteiger partial charge on any atom is -0.368 e. The molecule has 4 rings (SSSR count). The number of hydrogen-bond donors (Lipinski definition) is 2. The Morgan fingerprint density at radius 3 is 3.04 bits per heavy atom. The molecule has 1 amide bonds. The first-order valence-corrected chi connectivity index (χ1v) is 8.88. The molecule has 1 saturated heterocycles. The number of para-hydroxylation sites is 2. The van der Waals surface area contributed by atoms with E-state index in [9.17, 15) is 9.59 Å². The maximum atomic E-state index is 12.1. The van der Waals surface area contributed by atoms with Crippen LogP contribution in [0.1, 0.15) is 42.8 Å². The van der Waals surface area contributed by atoms with E-state index >= 15 is 0 Å². The van der Waals surface area contributed by atoms with Crippen LogP contribution in [0.15, 0.2) is 33.6 Å². The number of hydrogen-bond acceptors (Lipinski definition) is 7. The number of rotatable bonds is 6. The minimum atomic E-state index is -0.277. The molecule has 1 aliphatic rings. The Morgan fingerprint density at radius 2 is 2.19 bits per heavy atom. The maximum absolute atomic E-state index is 12.1. The quantitative estimate of drug-likeness (QED) is 0.673. The van der Waals surface area contributed by atoms with Gasteiger partial charge >= 0.3 is 0 Å². The number of carbonyl (C=O) groups excluding carboxylic acids is 1. The van der Waals surface area contributed by atoms with E-state index in [1.54, 1.807) is 6.07 Å². The van der Waals surface area contributed by atoms with E-state index < -0.39 is 0 Å². The summed E-state index contributed by atoms with van der Waals surface area (Å²) in [5.74, 6) is 0.631. The van der Waals surface area contributed by atoms with Gasteiger partial charge in [-0.3, -0.25) is 9.59 Å². The van der Waals surface area contributed by atoms with Gasteiger partial charge in [0.25, 0.3) is 11.4 Å². The van der Waals surface area contributed by atoms with E-state index in [1.165, 1.54) is 0 Å². The minimum absolute atomic E-state index is 0.144. The number of ether oxygens (including phenoxy) is 1. The van der Waals surface area contributed by atoms with Gasteiger partial charge in [-0.2, -0.15) is 4.98 Å². The second kappa shape index (κ2) is 7.67. The highest BCUT2D eigenvalue weighted by Gasteiger charge is 2.23. The molecule has 1 fully saturated rings. The zero-order chi connectivity index (χ0) is 18.6. The number of aromatic amines is 1. The number of aryl methyl sites for hydroxylation is 1. The smallest absolute Gasteiger partial charge is 0.270 e. The van der Waals surface area contributed by atoms with Gasteiger partial charge in [-0.1, -0.05) is 17.3 Å². The molecule has 1 aromatic carbocycles. The molecule has 9 heteroatoms. The summed E-state index contributed by atoms with van der Waals surface area (Å²) in [5, 5.41) is 6.58. The Balaban J connectivity index is 1.31. The van der Waals surface area contributed by atoms with Crippen molar-refractivity contribution >= 4 is 16.9 Å². The normalized spacial score (nSPS) is 16.7. The second-order valence-corrected chi connectivity index (χ2v) is 6.36. The molecule has 2 N–H and O–H groups in total. The molecule has 2 aromatic heterocycles. The third kappa shape index (κ3) is 4.03. The van der Waals surface area contributed by atoms with Crippen LogP contribution < -0.4 is 10.9 Å². The van der Waals surface area contributed by atoms with Crippen LogP contribution in [0.2, 0.25) is 0 Å². The molecule has 3 aromatic rings. The van der Waals surface area contributed by atoms with E-state index in [-0.39, 0.29) is 37.0 Å². The molecule has 140 valence electrons. The second-order valence-electron chi connectivity index (χ2n) is 6.36. The first-order valence-electron chi connectivity index (χ1n) is 8.88. The Bertz CT molecular complexity index is 1010.